The average molecular weight is 413 g/mol. The van der Waals surface area contributed by atoms with Crippen LogP contribution in [0.2, 0.25) is 10.0 Å². The van der Waals surface area contributed by atoms with E-state index in [9.17, 15) is 0 Å². The molecular weight excluding hydrogens is 399 g/mol. The van der Waals surface area contributed by atoms with Gasteiger partial charge in [-0.05, 0) is 35.9 Å². The molecule has 0 amide bonds. The molecule has 140 valence electrons. The van der Waals surface area contributed by atoms with E-state index in [0.29, 0.717) is 46.2 Å². The first kappa shape index (κ1) is 17.4. The minimum atomic E-state index is -0.0844. The first-order valence-corrected chi connectivity index (χ1v) is 9.46. The molecule has 2 aromatic heterocycles. The van der Waals surface area contributed by atoms with Crippen LogP contribution in [0.1, 0.15) is 17.4 Å². The second-order valence-corrected chi connectivity index (χ2v) is 7.30. The molecule has 0 radical (unpaired) electrons. The maximum absolute atomic E-state index is 6.21. The highest BCUT2D eigenvalue weighted by atomic mass is 35.5. The van der Waals surface area contributed by atoms with Crippen LogP contribution < -0.4 is 0 Å². The molecule has 0 saturated heterocycles. The highest BCUT2D eigenvalue weighted by molar-refractivity contribution is 6.33. The number of benzene rings is 2. The van der Waals surface area contributed by atoms with Crippen LogP contribution in [-0.4, -0.2) is 19.9 Å². The van der Waals surface area contributed by atoms with E-state index in [-0.39, 0.29) is 6.10 Å². The Labute approximate surface area is 170 Å². The monoisotopic (exact) mass is 412 g/mol. The van der Waals surface area contributed by atoms with Crippen molar-refractivity contribution in [1.82, 2.24) is 19.9 Å². The lowest BCUT2D eigenvalue weighted by atomic mass is 10.1. The smallest absolute Gasteiger partial charge is 0.278 e. The lowest BCUT2D eigenvalue weighted by molar-refractivity contribution is -0.00112. The molecule has 28 heavy (non-hydrogen) atoms. The molecule has 8 heteroatoms. The van der Waals surface area contributed by atoms with Crippen molar-refractivity contribution in [3.8, 4) is 23.0 Å². The van der Waals surface area contributed by atoms with Crippen LogP contribution in [0.25, 0.3) is 23.0 Å². The molecule has 0 spiro atoms. The van der Waals surface area contributed by atoms with Gasteiger partial charge in [0.25, 0.3) is 5.89 Å². The normalized spacial score (nSPS) is 16.1. The van der Waals surface area contributed by atoms with Gasteiger partial charge in [-0.15, -0.1) is 0 Å². The van der Waals surface area contributed by atoms with Gasteiger partial charge in [-0.3, -0.25) is 4.68 Å². The second-order valence-electron chi connectivity index (χ2n) is 6.46. The number of aromatic nitrogens is 4. The third kappa shape index (κ3) is 3.20. The maximum Gasteiger partial charge on any atom is 0.278 e. The Morgan fingerprint density at radius 3 is 2.68 bits per heavy atom. The number of halogens is 2. The number of hydrogen-bond donors (Lipinski definition) is 0. The highest BCUT2D eigenvalue weighted by Gasteiger charge is 2.24. The van der Waals surface area contributed by atoms with Gasteiger partial charge in [0.1, 0.15) is 6.10 Å². The van der Waals surface area contributed by atoms with Crippen molar-refractivity contribution in [2.75, 3.05) is 0 Å². The van der Waals surface area contributed by atoms with E-state index in [2.05, 4.69) is 15.2 Å². The maximum atomic E-state index is 6.21. The SMILES string of the molecule is Clc1ccc(C2Cn3nc(-c4nc(-c5ccccc5Cl)no4)cc3CO2)cc1. The van der Waals surface area contributed by atoms with Crippen LogP contribution in [0.5, 0.6) is 0 Å². The summed E-state index contributed by atoms with van der Waals surface area (Å²) in [5, 5.41) is 9.93. The fourth-order valence-corrected chi connectivity index (χ4v) is 3.53. The van der Waals surface area contributed by atoms with Gasteiger partial charge in [0.05, 0.1) is 23.9 Å². The zero-order chi connectivity index (χ0) is 19.1. The molecule has 6 nitrogen and oxygen atoms in total. The van der Waals surface area contributed by atoms with Crippen molar-refractivity contribution in [3.63, 3.8) is 0 Å². The molecule has 2 aromatic carbocycles. The number of nitrogens with zero attached hydrogens (tertiary/aromatic N) is 4. The summed E-state index contributed by atoms with van der Waals surface area (Å²) in [7, 11) is 0. The Bertz CT molecular complexity index is 1140. The predicted octanol–water partition coefficient (Wildman–Crippen LogP) is 5.18. The molecule has 0 fully saturated rings. The van der Waals surface area contributed by atoms with Crippen LogP contribution in [0.3, 0.4) is 0 Å². The second kappa shape index (κ2) is 7.05. The number of hydrogen-bond acceptors (Lipinski definition) is 5. The summed E-state index contributed by atoms with van der Waals surface area (Å²) < 4.78 is 13.3. The Hall–Kier alpha value is -2.67. The van der Waals surface area contributed by atoms with E-state index < -0.39 is 0 Å². The lowest BCUT2D eigenvalue weighted by Gasteiger charge is -2.24. The molecule has 1 aliphatic heterocycles. The van der Waals surface area contributed by atoms with Gasteiger partial charge in [-0.2, -0.15) is 10.1 Å². The molecule has 0 aliphatic carbocycles. The molecule has 0 N–H and O–H groups in total. The fraction of sp³-hybridized carbons (Fsp3) is 0.150. The molecule has 1 unspecified atom stereocenters. The van der Waals surface area contributed by atoms with Gasteiger partial charge in [0.2, 0.25) is 5.82 Å². The number of rotatable bonds is 3. The molecule has 5 rings (SSSR count). The minimum Gasteiger partial charge on any atom is -0.365 e. The summed E-state index contributed by atoms with van der Waals surface area (Å²) in [6.07, 6.45) is -0.0844. The molecular formula is C20H14Cl2N4O2. The van der Waals surface area contributed by atoms with Crippen molar-refractivity contribution >= 4 is 23.2 Å². The summed E-state index contributed by atoms with van der Waals surface area (Å²) in [6, 6.07) is 16.9. The molecule has 3 heterocycles. The summed E-state index contributed by atoms with van der Waals surface area (Å²) >= 11 is 12.2. The van der Waals surface area contributed by atoms with Gasteiger partial charge in [0, 0.05) is 10.6 Å². The molecule has 1 atom stereocenters. The minimum absolute atomic E-state index is 0.0844. The van der Waals surface area contributed by atoms with Gasteiger partial charge in [-0.1, -0.05) is 52.6 Å². The van der Waals surface area contributed by atoms with Crippen molar-refractivity contribution in [1.29, 1.82) is 0 Å². The van der Waals surface area contributed by atoms with Crippen LogP contribution in [0, 0.1) is 0 Å². The molecule has 1 aliphatic rings. The van der Waals surface area contributed by atoms with E-state index >= 15 is 0 Å². The summed E-state index contributed by atoms with van der Waals surface area (Å²) in [5.74, 6) is 0.779. The van der Waals surface area contributed by atoms with E-state index in [0.717, 1.165) is 11.3 Å². The molecule has 0 bridgehead atoms. The lowest BCUT2D eigenvalue weighted by Crippen LogP contribution is -2.21. The zero-order valence-electron chi connectivity index (χ0n) is 14.5. The van der Waals surface area contributed by atoms with Crippen molar-refractivity contribution in [2.45, 2.75) is 19.3 Å². The third-order valence-corrected chi connectivity index (χ3v) is 5.22. The summed E-state index contributed by atoms with van der Waals surface area (Å²) in [6.45, 7) is 1.05. The van der Waals surface area contributed by atoms with Gasteiger partial charge in [-0.25, -0.2) is 0 Å². The first-order chi connectivity index (χ1) is 13.7. The standard InChI is InChI=1S/C20H14Cl2N4O2/c21-13-7-5-12(6-8-13)18-10-26-14(11-27-18)9-17(24-26)20-23-19(25-28-20)15-3-1-2-4-16(15)22/h1-9,18H,10-11H2. The predicted molar refractivity (Wildman–Crippen MR) is 105 cm³/mol. The van der Waals surface area contributed by atoms with Crippen LogP contribution in [0.15, 0.2) is 59.1 Å². The Morgan fingerprint density at radius 2 is 1.86 bits per heavy atom. The molecule has 0 saturated carbocycles. The van der Waals surface area contributed by atoms with Gasteiger partial charge < -0.3 is 9.26 Å². The highest BCUT2D eigenvalue weighted by Crippen LogP contribution is 2.31. The topological polar surface area (TPSA) is 66.0 Å². The van der Waals surface area contributed by atoms with Crippen LogP contribution >= 0.6 is 23.2 Å². The van der Waals surface area contributed by atoms with Crippen LogP contribution in [0.4, 0.5) is 0 Å². The largest absolute Gasteiger partial charge is 0.365 e. The molecule has 4 aromatic rings. The summed E-state index contributed by atoms with van der Waals surface area (Å²) in [5.41, 5.74) is 3.35. The van der Waals surface area contributed by atoms with E-state index in [1.54, 1.807) is 6.07 Å². The fourth-order valence-electron chi connectivity index (χ4n) is 3.19. The number of fused-ring (bicyclic) bond motifs is 1. The zero-order valence-corrected chi connectivity index (χ0v) is 16.1. The third-order valence-electron chi connectivity index (χ3n) is 4.64. The van der Waals surface area contributed by atoms with Gasteiger partial charge in [0.15, 0.2) is 5.69 Å². The van der Waals surface area contributed by atoms with Crippen molar-refractivity contribution in [3.05, 3.63) is 75.9 Å². The van der Waals surface area contributed by atoms with Crippen molar-refractivity contribution in [2.24, 2.45) is 0 Å². The Kier molecular flexibility index (Phi) is 4.39. The number of ether oxygens (including phenoxy) is 1. The van der Waals surface area contributed by atoms with Crippen LogP contribution in [-0.2, 0) is 17.9 Å². The quantitative estimate of drug-likeness (QED) is 0.463. The Morgan fingerprint density at radius 1 is 1.04 bits per heavy atom. The van der Waals surface area contributed by atoms with E-state index in [4.69, 9.17) is 32.5 Å². The van der Waals surface area contributed by atoms with Crippen molar-refractivity contribution < 1.29 is 9.26 Å². The Balaban J connectivity index is 1.41. The summed E-state index contributed by atoms with van der Waals surface area (Å²) in [4.78, 5) is 4.45. The van der Waals surface area contributed by atoms with E-state index in [1.165, 1.54) is 0 Å². The first-order valence-electron chi connectivity index (χ1n) is 8.70. The average Bonchev–Trinajstić information content (AvgIpc) is 3.35. The van der Waals surface area contributed by atoms with Gasteiger partial charge >= 0.3 is 0 Å². The van der Waals surface area contributed by atoms with E-state index in [1.807, 2.05) is 53.2 Å².